The van der Waals surface area contributed by atoms with Crippen LogP contribution in [0.5, 0.6) is 11.6 Å². The van der Waals surface area contributed by atoms with Crippen LogP contribution in [0.15, 0.2) is 36.4 Å². The Balaban J connectivity index is 2.36. The Morgan fingerprint density at radius 3 is 2.55 bits per heavy atom. The summed E-state index contributed by atoms with van der Waals surface area (Å²) in [6.45, 7) is -0.0196. The van der Waals surface area contributed by atoms with Crippen molar-refractivity contribution in [3.05, 3.63) is 51.2 Å². The van der Waals surface area contributed by atoms with Crippen LogP contribution in [0.4, 0.5) is 13.2 Å². The third-order valence-corrected chi connectivity index (χ3v) is 3.08. The largest absolute Gasteiger partial charge is 0.439 e. The van der Waals surface area contributed by atoms with Crippen molar-refractivity contribution in [2.45, 2.75) is 12.7 Å². The molecule has 20 heavy (non-hydrogen) atoms. The van der Waals surface area contributed by atoms with Gasteiger partial charge < -0.3 is 10.5 Å². The number of alkyl halides is 3. The molecule has 0 saturated heterocycles. The summed E-state index contributed by atoms with van der Waals surface area (Å²) in [4.78, 5) is 3.47. The standard InChI is InChI=1S/C13H10F3IN2O/c14-13(15,16)11-4-8(7-18)5-12(19-11)20-10-3-1-2-9(17)6-10/h1-6H,7,18H2. The number of pyridine rings is 1. The molecule has 0 unspecified atom stereocenters. The maximum Gasteiger partial charge on any atom is 0.433 e. The van der Waals surface area contributed by atoms with Crippen molar-refractivity contribution < 1.29 is 17.9 Å². The average Bonchev–Trinajstić information content (AvgIpc) is 2.37. The fourth-order valence-corrected chi connectivity index (χ4v) is 2.04. The maximum atomic E-state index is 12.7. The first-order valence-electron chi connectivity index (χ1n) is 5.60. The lowest BCUT2D eigenvalue weighted by molar-refractivity contribution is -0.141. The molecule has 0 bridgehead atoms. The molecule has 0 saturated carbocycles. The van der Waals surface area contributed by atoms with Crippen LogP contribution in [0, 0.1) is 3.57 Å². The van der Waals surface area contributed by atoms with Gasteiger partial charge in [0.25, 0.3) is 0 Å². The van der Waals surface area contributed by atoms with Crippen LogP contribution in [-0.4, -0.2) is 4.98 Å². The van der Waals surface area contributed by atoms with Crippen LogP contribution in [0.25, 0.3) is 0 Å². The monoisotopic (exact) mass is 394 g/mol. The SMILES string of the molecule is NCc1cc(Oc2cccc(I)c2)nc(C(F)(F)F)c1. The van der Waals surface area contributed by atoms with Gasteiger partial charge in [0.15, 0.2) is 0 Å². The van der Waals surface area contributed by atoms with Crippen molar-refractivity contribution >= 4 is 22.6 Å². The summed E-state index contributed by atoms with van der Waals surface area (Å²) in [7, 11) is 0. The molecule has 1 heterocycles. The van der Waals surface area contributed by atoms with Crippen LogP contribution in [-0.2, 0) is 12.7 Å². The Kier molecular flexibility index (Phi) is 4.48. The van der Waals surface area contributed by atoms with Crippen molar-refractivity contribution in [1.82, 2.24) is 4.98 Å². The molecule has 0 atom stereocenters. The second-order valence-corrected chi connectivity index (χ2v) is 5.21. The van der Waals surface area contributed by atoms with E-state index in [1.54, 1.807) is 18.2 Å². The zero-order chi connectivity index (χ0) is 14.8. The number of hydrogen-bond donors (Lipinski definition) is 1. The van der Waals surface area contributed by atoms with Crippen LogP contribution < -0.4 is 10.5 Å². The highest BCUT2D eigenvalue weighted by Crippen LogP contribution is 2.31. The minimum absolute atomic E-state index is 0.0196. The van der Waals surface area contributed by atoms with E-state index < -0.39 is 11.9 Å². The maximum absolute atomic E-state index is 12.7. The summed E-state index contributed by atoms with van der Waals surface area (Å²) in [6.07, 6.45) is -4.53. The third-order valence-electron chi connectivity index (χ3n) is 2.41. The number of rotatable bonds is 3. The van der Waals surface area contributed by atoms with Gasteiger partial charge in [0.2, 0.25) is 5.88 Å². The lowest BCUT2D eigenvalue weighted by Crippen LogP contribution is -2.10. The Hall–Kier alpha value is -1.35. The third kappa shape index (κ3) is 3.83. The molecule has 0 aliphatic heterocycles. The van der Waals surface area contributed by atoms with Gasteiger partial charge in [-0.2, -0.15) is 13.2 Å². The number of nitrogens with zero attached hydrogens (tertiary/aromatic N) is 1. The Bertz CT molecular complexity index is 617. The van der Waals surface area contributed by atoms with Crippen LogP contribution in [0.1, 0.15) is 11.3 Å². The molecule has 0 aliphatic carbocycles. The molecule has 1 aromatic carbocycles. The van der Waals surface area contributed by atoms with Gasteiger partial charge >= 0.3 is 6.18 Å². The van der Waals surface area contributed by atoms with E-state index in [1.165, 1.54) is 6.07 Å². The molecule has 0 fully saturated rings. The molecule has 0 radical (unpaired) electrons. The number of nitrogens with two attached hydrogens (primary N) is 1. The molecule has 106 valence electrons. The minimum Gasteiger partial charge on any atom is -0.439 e. The van der Waals surface area contributed by atoms with Gasteiger partial charge in [-0.3, -0.25) is 0 Å². The number of halogens is 4. The molecule has 0 spiro atoms. The Labute approximate surface area is 127 Å². The first-order valence-corrected chi connectivity index (χ1v) is 6.68. The zero-order valence-electron chi connectivity index (χ0n) is 10.1. The molecule has 2 aromatic rings. The first-order chi connectivity index (χ1) is 9.38. The van der Waals surface area contributed by atoms with Gasteiger partial charge in [-0.1, -0.05) is 6.07 Å². The predicted molar refractivity (Wildman–Crippen MR) is 76.4 cm³/mol. The highest BCUT2D eigenvalue weighted by molar-refractivity contribution is 14.1. The first kappa shape index (κ1) is 15.0. The van der Waals surface area contributed by atoms with Crippen molar-refractivity contribution in [3.8, 4) is 11.6 Å². The summed E-state index contributed by atoms with van der Waals surface area (Å²) in [5.74, 6) is 0.300. The molecule has 0 aliphatic rings. The van der Waals surface area contributed by atoms with E-state index in [4.69, 9.17) is 10.5 Å². The fourth-order valence-electron chi connectivity index (χ4n) is 1.53. The van der Waals surface area contributed by atoms with Gasteiger partial charge in [-0.15, -0.1) is 0 Å². The van der Waals surface area contributed by atoms with Crippen molar-refractivity contribution in [1.29, 1.82) is 0 Å². The topological polar surface area (TPSA) is 48.1 Å². The van der Waals surface area contributed by atoms with E-state index in [0.717, 1.165) is 9.64 Å². The smallest absolute Gasteiger partial charge is 0.433 e. The normalized spacial score (nSPS) is 11.4. The lowest BCUT2D eigenvalue weighted by Gasteiger charge is -2.11. The molecule has 2 rings (SSSR count). The molecule has 2 N–H and O–H groups in total. The van der Waals surface area contributed by atoms with Gasteiger partial charge in [-0.05, 0) is 52.4 Å². The highest BCUT2D eigenvalue weighted by atomic mass is 127. The van der Waals surface area contributed by atoms with Crippen LogP contribution in [0.3, 0.4) is 0 Å². The van der Waals surface area contributed by atoms with Gasteiger partial charge in [0, 0.05) is 16.2 Å². The summed E-state index contributed by atoms with van der Waals surface area (Å²) in [5, 5.41) is 0. The van der Waals surface area contributed by atoms with Crippen molar-refractivity contribution in [3.63, 3.8) is 0 Å². The average molecular weight is 394 g/mol. The summed E-state index contributed by atoms with van der Waals surface area (Å²) in [5.41, 5.74) is 4.70. The molecular formula is C13H10F3IN2O. The van der Waals surface area contributed by atoms with E-state index in [2.05, 4.69) is 27.6 Å². The number of hydrogen-bond acceptors (Lipinski definition) is 3. The summed E-state index contributed by atoms with van der Waals surface area (Å²) >= 11 is 2.08. The van der Waals surface area contributed by atoms with E-state index >= 15 is 0 Å². The van der Waals surface area contributed by atoms with E-state index in [9.17, 15) is 13.2 Å². The van der Waals surface area contributed by atoms with E-state index in [0.29, 0.717) is 11.3 Å². The minimum atomic E-state index is -4.53. The van der Waals surface area contributed by atoms with Gasteiger partial charge in [-0.25, -0.2) is 4.98 Å². The Morgan fingerprint density at radius 2 is 1.95 bits per heavy atom. The molecular weight excluding hydrogens is 384 g/mol. The molecule has 3 nitrogen and oxygen atoms in total. The van der Waals surface area contributed by atoms with Crippen LogP contribution >= 0.6 is 22.6 Å². The molecule has 1 aromatic heterocycles. The quantitative estimate of drug-likeness (QED) is 0.803. The fraction of sp³-hybridized carbons (Fsp3) is 0.154. The predicted octanol–water partition coefficient (Wildman–Crippen LogP) is 3.96. The van der Waals surface area contributed by atoms with E-state index in [-0.39, 0.29) is 12.4 Å². The number of ether oxygens (including phenoxy) is 1. The number of aromatic nitrogens is 1. The second kappa shape index (κ2) is 5.96. The molecule has 0 amide bonds. The highest BCUT2D eigenvalue weighted by Gasteiger charge is 2.33. The van der Waals surface area contributed by atoms with Crippen molar-refractivity contribution in [2.24, 2.45) is 5.73 Å². The van der Waals surface area contributed by atoms with Gasteiger partial charge in [0.1, 0.15) is 11.4 Å². The van der Waals surface area contributed by atoms with Crippen LogP contribution in [0.2, 0.25) is 0 Å². The Morgan fingerprint density at radius 1 is 1.20 bits per heavy atom. The zero-order valence-corrected chi connectivity index (χ0v) is 12.3. The molecule has 7 heteroatoms. The summed E-state index contributed by atoms with van der Waals surface area (Å²) in [6, 6.07) is 9.25. The number of benzene rings is 1. The van der Waals surface area contributed by atoms with E-state index in [1.807, 2.05) is 6.07 Å². The summed E-state index contributed by atoms with van der Waals surface area (Å²) < 4.78 is 44.5. The van der Waals surface area contributed by atoms with Gasteiger partial charge in [0.05, 0.1) is 0 Å². The lowest BCUT2D eigenvalue weighted by atomic mass is 10.2. The van der Waals surface area contributed by atoms with Crippen molar-refractivity contribution in [2.75, 3.05) is 0 Å². The second-order valence-electron chi connectivity index (χ2n) is 3.96.